The van der Waals surface area contributed by atoms with E-state index in [9.17, 15) is 0 Å². The SMILES string of the molecule is c1cnc(-c2nc(Cn3cc(CC4CCNC4)nn3)cs2)nc1. The van der Waals surface area contributed by atoms with Gasteiger partial charge in [0.1, 0.15) is 0 Å². The Balaban J connectivity index is 1.42. The second-order valence-corrected chi connectivity index (χ2v) is 6.54. The first-order valence-corrected chi connectivity index (χ1v) is 8.56. The van der Waals surface area contributed by atoms with Crippen LogP contribution in [0.4, 0.5) is 0 Å². The van der Waals surface area contributed by atoms with Crippen LogP contribution in [-0.2, 0) is 13.0 Å². The Morgan fingerprint density at radius 2 is 2.17 bits per heavy atom. The Kier molecular flexibility index (Phi) is 4.08. The zero-order valence-electron chi connectivity index (χ0n) is 12.6. The molecule has 3 aromatic heterocycles. The van der Waals surface area contributed by atoms with E-state index < -0.39 is 0 Å². The van der Waals surface area contributed by atoms with Crippen LogP contribution in [-0.4, -0.2) is 43.0 Å². The van der Waals surface area contributed by atoms with Crippen LogP contribution >= 0.6 is 11.3 Å². The minimum Gasteiger partial charge on any atom is -0.316 e. The number of rotatable bonds is 5. The summed E-state index contributed by atoms with van der Waals surface area (Å²) in [5, 5.41) is 14.7. The molecule has 4 heterocycles. The molecule has 8 heteroatoms. The average Bonchev–Trinajstić information content (AvgIpc) is 3.32. The number of nitrogens with zero attached hydrogens (tertiary/aromatic N) is 6. The lowest BCUT2D eigenvalue weighted by Gasteiger charge is -2.03. The Labute approximate surface area is 137 Å². The number of nitrogens with one attached hydrogen (secondary N) is 1. The van der Waals surface area contributed by atoms with E-state index in [-0.39, 0.29) is 0 Å². The topological polar surface area (TPSA) is 81.4 Å². The summed E-state index contributed by atoms with van der Waals surface area (Å²) in [7, 11) is 0. The van der Waals surface area contributed by atoms with Crippen LogP contribution in [0.5, 0.6) is 0 Å². The first-order valence-electron chi connectivity index (χ1n) is 7.68. The zero-order valence-corrected chi connectivity index (χ0v) is 13.4. The summed E-state index contributed by atoms with van der Waals surface area (Å²) in [6.07, 6.45) is 7.69. The molecule has 118 valence electrons. The van der Waals surface area contributed by atoms with Crippen molar-refractivity contribution in [2.24, 2.45) is 5.92 Å². The second-order valence-electron chi connectivity index (χ2n) is 5.69. The van der Waals surface area contributed by atoms with Crippen molar-refractivity contribution in [2.45, 2.75) is 19.4 Å². The van der Waals surface area contributed by atoms with Crippen LogP contribution in [0, 0.1) is 5.92 Å². The summed E-state index contributed by atoms with van der Waals surface area (Å²) < 4.78 is 1.85. The van der Waals surface area contributed by atoms with Crippen molar-refractivity contribution in [3.63, 3.8) is 0 Å². The van der Waals surface area contributed by atoms with Gasteiger partial charge in [-0.15, -0.1) is 16.4 Å². The molecule has 0 amide bonds. The molecule has 1 atom stereocenters. The maximum atomic E-state index is 4.58. The lowest BCUT2D eigenvalue weighted by atomic mass is 10.0. The molecule has 0 saturated carbocycles. The molecule has 0 spiro atoms. The summed E-state index contributed by atoms with van der Waals surface area (Å²) in [5.41, 5.74) is 2.01. The highest BCUT2D eigenvalue weighted by molar-refractivity contribution is 7.13. The normalized spacial score (nSPS) is 17.7. The average molecular weight is 327 g/mol. The standard InChI is InChI=1S/C15H17N7S/c1-3-17-14(18-4-1)15-19-13(10-23-15)9-22-8-12(20-21-22)6-11-2-5-16-7-11/h1,3-4,8,10-11,16H,2,5-7,9H2. The molecule has 0 radical (unpaired) electrons. The molecule has 1 aliphatic heterocycles. The van der Waals surface area contributed by atoms with E-state index in [4.69, 9.17) is 0 Å². The van der Waals surface area contributed by atoms with Crippen molar-refractivity contribution in [3.8, 4) is 10.8 Å². The molecule has 1 aliphatic rings. The van der Waals surface area contributed by atoms with Gasteiger partial charge >= 0.3 is 0 Å². The third kappa shape index (κ3) is 3.43. The van der Waals surface area contributed by atoms with Gasteiger partial charge in [-0.3, -0.25) is 0 Å². The van der Waals surface area contributed by atoms with Crippen molar-refractivity contribution in [3.05, 3.63) is 41.4 Å². The van der Waals surface area contributed by atoms with Crippen LogP contribution in [0.1, 0.15) is 17.8 Å². The first-order chi connectivity index (χ1) is 11.4. The highest BCUT2D eigenvalue weighted by Gasteiger charge is 2.16. The molecule has 1 saturated heterocycles. The molecular formula is C15H17N7S. The quantitative estimate of drug-likeness (QED) is 0.763. The van der Waals surface area contributed by atoms with Crippen molar-refractivity contribution in [1.29, 1.82) is 0 Å². The maximum Gasteiger partial charge on any atom is 0.188 e. The molecule has 1 unspecified atom stereocenters. The molecule has 0 aliphatic carbocycles. The van der Waals surface area contributed by atoms with Crippen LogP contribution in [0.25, 0.3) is 10.8 Å². The van der Waals surface area contributed by atoms with Crippen molar-refractivity contribution in [2.75, 3.05) is 13.1 Å². The Bertz CT molecular complexity index is 761. The van der Waals surface area contributed by atoms with E-state index in [1.165, 1.54) is 6.42 Å². The predicted octanol–water partition coefficient (Wildman–Crippen LogP) is 1.39. The largest absolute Gasteiger partial charge is 0.316 e. The van der Waals surface area contributed by atoms with Crippen LogP contribution in [0.2, 0.25) is 0 Å². The monoisotopic (exact) mass is 327 g/mol. The molecule has 7 nitrogen and oxygen atoms in total. The fourth-order valence-corrected chi connectivity index (χ4v) is 3.51. The van der Waals surface area contributed by atoms with E-state index in [0.29, 0.717) is 18.3 Å². The van der Waals surface area contributed by atoms with Crippen LogP contribution < -0.4 is 5.32 Å². The van der Waals surface area contributed by atoms with Crippen LogP contribution in [0.3, 0.4) is 0 Å². The second kappa shape index (κ2) is 6.51. The Morgan fingerprint density at radius 1 is 1.26 bits per heavy atom. The Morgan fingerprint density at radius 3 is 3.00 bits per heavy atom. The van der Waals surface area contributed by atoms with Crippen molar-refractivity contribution in [1.82, 2.24) is 35.3 Å². The van der Waals surface area contributed by atoms with Crippen molar-refractivity contribution >= 4 is 11.3 Å². The van der Waals surface area contributed by atoms with Gasteiger partial charge in [0, 0.05) is 24.0 Å². The van der Waals surface area contributed by atoms with Gasteiger partial charge in [-0.25, -0.2) is 19.6 Å². The third-order valence-corrected chi connectivity index (χ3v) is 4.77. The fraction of sp³-hybridized carbons (Fsp3) is 0.400. The minimum absolute atomic E-state index is 0.624. The molecule has 0 bridgehead atoms. The zero-order chi connectivity index (χ0) is 15.5. The molecule has 3 aromatic rings. The smallest absolute Gasteiger partial charge is 0.188 e. The lowest BCUT2D eigenvalue weighted by Crippen LogP contribution is -2.10. The molecule has 0 aromatic carbocycles. The fourth-order valence-electron chi connectivity index (χ4n) is 2.75. The van der Waals surface area contributed by atoms with Gasteiger partial charge in [-0.1, -0.05) is 5.21 Å². The van der Waals surface area contributed by atoms with Gasteiger partial charge in [0.2, 0.25) is 0 Å². The van der Waals surface area contributed by atoms with Crippen LogP contribution in [0.15, 0.2) is 30.0 Å². The van der Waals surface area contributed by atoms with Gasteiger partial charge in [-0.2, -0.15) is 0 Å². The molecular weight excluding hydrogens is 310 g/mol. The number of aromatic nitrogens is 6. The van der Waals surface area contributed by atoms with Gasteiger partial charge < -0.3 is 5.32 Å². The van der Waals surface area contributed by atoms with E-state index in [1.54, 1.807) is 29.8 Å². The molecule has 23 heavy (non-hydrogen) atoms. The predicted molar refractivity (Wildman–Crippen MR) is 86.9 cm³/mol. The van der Waals surface area contributed by atoms with E-state index in [2.05, 4.69) is 30.6 Å². The number of thiazole rings is 1. The summed E-state index contributed by atoms with van der Waals surface area (Å²) in [6.45, 7) is 2.82. The molecule has 1 N–H and O–H groups in total. The van der Waals surface area contributed by atoms with E-state index >= 15 is 0 Å². The number of hydrogen-bond acceptors (Lipinski definition) is 7. The summed E-state index contributed by atoms with van der Waals surface area (Å²) in [4.78, 5) is 13.0. The maximum absolute atomic E-state index is 4.58. The number of hydrogen-bond donors (Lipinski definition) is 1. The van der Waals surface area contributed by atoms with Crippen molar-refractivity contribution < 1.29 is 0 Å². The lowest BCUT2D eigenvalue weighted by molar-refractivity contribution is 0.570. The van der Waals surface area contributed by atoms with E-state index in [0.717, 1.165) is 35.9 Å². The Hall–Kier alpha value is -2.19. The summed E-state index contributed by atoms with van der Waals surface area (Å²) in [6, 6.07) is 1.80. The summed E-state index contributed by atoms with van der Waals surface area (Å²) in [5.74, 6) is 1.35. The van der Waals surface area contributed by atoms with Gasteiger partial charge in [-0.05, 0) is 37.9 Å². The third-order valence-electron chi connectivity index (χ3n) is 3.88. The van der Waals surface area contributed by atoms with Gasteiger partial charge in [0.05, 0.1) is 17.9 Å². The van der Waals surface area contributed by atoms with E-state index in [1.807, 2.05) is 16.3 Å². The van der Waals surface area contributed by atoms with Gasteiger partial charge in [0.15, 0.2) is 10.8 Å². The molecule has 1 fully saturated rings. The summed E-state index contributed by atoms with van der Waals surface area (Å²) >= 11 is 1.55. The highest BCUT2D eigenvalue weighted by atomic mass is 32.1. The molecule has 4 rings (SSSR count). The first kappa shape index (κ1) is 14.4. The minimum atomic E-state index is 0.624. The van der Waals surface area contributed by atoms with Gasteiger partial charge in [0.25, 0.3) is 0 Å². The highest BCUT2D eigenvalue weighted by Crippen LogP contribution is 2.20.